The van der Waals surface area contributed by atoms with Gasteiger partial charge in [0.05, 0.1) is 10.6 Å². The van der Waals surface area contributed by atoms with Crippen LogP contribution in [0, 0.1) is 0 Å². The third-order valence-corrected chi connectivity index (χ3v) is 7.69. The normalized spacial score (nSPS) is 13.0. The van der Waals surface area contributed by atoms with Gasteiger partial charge in [-0.25, -0.2) is 13.4 Å². The molecule has 0 spiro atoms. The zero-order valence-corrected chi connectivity index (χ0v) is 19.7. The molecule has 2 aromatic carbocycles. The van der Waals surface area contributed by atoms with Crippen LogP contribution in [0.3, 0.4) is 0 Å². The van der Waals surface area contributed by atoms with Gasteiger partial charge in [-0.2, -0.15) is 0 Å². The molecule has 0 atom stereocenters. The summed E-state index contributed by atoms with van der Waals surface area (Å²) in [6.45, 7) is 6.62. The van der Waals surface area contributed by atoms with Crippen LogP contribution in [-0.2, 0) is 23.0 Å². The number of pyridine rings is 1. The highest BCUT2D eigenvalue weighted by atomic mass is 32.2. The number of rotatable bonds is 8. The van der Waals surface area contributed by atoms with Crippen LogP contribution in [0.2, 0.25) is 0 Å². The number of anilines is 2. The molecule has 0 saturated heterocycles. The SMILES string of the molecule is CCN(CC)c1ccc(CNC(=O)c2cccc(S(=O)(=O)N3CCc4ccccc43)c2)cn1. The highest BCUT2D eigenvalue weighted by Gasteiger charge is 2.30. The van der Waals surface area contributed by atoms with Crippen molar-refractivity contribution in [3.8, 4) is 0 Å². The lowest BCUT2D eigenvalue weighted by molar-refractivity contribution is 0.0950. The van der Waals surface area contributed by atoms with Crippen LogP contribution in [0.4, 0.5) is 11.5 Å². The van der Waals surface area contributed by atoms with E-state index < -0.39 is 10.0 Å². The van der Waals surface area contributed by atoms with Crippen molar-refractivity contribution in [1.29, 1.82) is 0 Å². The Kier molecular flexibility index (Phi) is 6.65. The maximum atomic E-state index is 13.3. The molecular weight excluding hydrogens is 436 g/mol. The fraction of sp³-hybridized carbons (Fsp3) is 0.280. The predicted molar refractivity (Wildman–Crippen MR) is 130 cm³/mol. The Labute approximate surface area is 195 Å². The standard InChI is InChI=1S/C25H28N4O3S/c1-3-28(4-2)24-13-12-19(17-26-24)18-27-25(30)21-9-7-10-22(16-21)33(31,32)29-15-14-20-8-5-6-11-23(20)29/h5-13,16-17H,3-4,14-15,18H2,1-2H3,(H,27,30). The number of aromatic nitrogens is 1. The van der Waals surface area contributed by atoms with Gasteiger partial charge in [-0.05, 0) is 61.7 Å². The molecule has 8 heteroatoms. The van der Waals surface area contributed by atoms with Crippen LogP contribution >= 0.6 is 0 Å². The van der Waals surface area contributed by atoms with Crippen LogP contribution < -0.4 is 14.5 Å². The minimum atomic E-state index is -3.75. The molecule has 33 heavy (non-hydrogen) atoms. The summed E-state index contributed by atoms with van der Waals surface area (Å²) in [6.07, 6.45) is 2.43. The number of nitrogens with one attached hydrogen (secondary N) is 1. The quantitative estimate of drug-likeness (QED) is 0.551. The summed E-state index contributed by atoms with van der Waals surface area (Å²) in [4.78, 5) is 19.5. The Balaban J connectivity index is 1.46. The van der Waals surface area contributed by atoms with Crippen molar-refractivity contribution in [2.45, 2.75) is 31.7 Å². The maximum Gasteiger partial charge on any atom is 0.264 e. The number of nitrogens with zero attached hydrogens (tertiary/aromatic N) is 3. The highest BCUT2D eigenvalue weighted by molar-refractivity contribution is 7.92. The van der Waals surface area contributed by atoms with E-state index in [0.29, 0.717) is 30.8 Å². The molecule has 0 aliphatic carbocycles. The molecule has 0 radical (unpaired) electrons. The molecule has 7 nitrogen and oxygen atoms in total. The zero-order valence-electron chi connectivity index (χ0n) is 18.9. The summed E-state index contributed by atoms with van der Waals surface area (Å²) >= 11 is 0. The molecule has 0 bridgehead atoms. The lowest BCUT2D eigenvalue weighted by atomic mass is 10.2. The zero-order chi connectivity index (χ0) is 23.4. The first-order valence-electron chi connectivity index (χ1n) is 11.1. The van der Waals surface area contributed by atoms with E-state index in [9.17, 15) is 13.2 Å². The summed E-state index contributed by atoms with van der Waals surface area (Å²) in [7, 11) is -3.75. The molecule has 3 aromatic rings. The summed E-state index contributed by atoms with van der Waals surface area (Å²) in [6, 6.07) is 17.6. The Morgan fingerprint density at radius 1 is 1.06 bits per heavy atom. The molecule has 1 N–H and O–H groups in total. The maximum absolute atomic E-state index is 13.3. The van der Waals surface area contributed by atoms with E-state index >= 15 is 0 Å². The van der Waals surface area contributed by atoms with E-state index in [1.165, 1.54) is 16.4 Å². The van der Waals surface area contributed by atoms with E-state index in [1.807, 2.05) is 36.4 Å². The van der Waals surface area contributed by atoms with E-state index in [2.05, 4.69) is 29.0 Å². The number of amides is 1. The van der Waals surface area contributed by atoms with Crippen LogP contribution in [0.5, 0.6) is 0 Å². The number of sulfonamides is 1. The number of benzene rings is 2. The molecule has 1 amide bonds. The lowest BCUT2D eigenvalue weighted by Crippen LogP contribution is -2.29. The van der Waals surface area contributed by atoms with Gasteiger partial charge >= 0.3 is 0 Å². The molecule has 1 aliphatic rings. The van der Waals surface area contributed by atoms with Crippen LogP contribution in [0.25, 0.3) is 0 Å². The number of hydrogen-bond donors (Lipinski definition) is 1. The van der Waals surface area contributed by atoms with Crippen LogP contribution in [0.15, 0.2) is 71.8 Å². The highest BCUT2D eigenvalue weighted by Crippen LogP contribution is 2.32. The second-order valence-corrected chi connectivity index (χ2v) is 9.73. The fourth-order valence-electron chi connectivity index (χ4n) is 4.02. The van der Waals surface area contributed by atoms with Gasteiger partial charge < -0.3 is 10.2 Å². The van der Waals surface area contributed by atoms with Crippen molar-refractivity contribution in [2.75, 3.05) is 28.8 Å². The van der Waals surface area contributed by atoms with E-state index in [-0.39, 0.29) is 10.8 Å². The molecule has 0 fully saturated rings. The molecule has 172 valence electrons. The predicted octanol–water partition coefficient (Wildman–Crippen LogP) is 3.61. The monoisotopic (exact) mass is 464 g/mol. The average Bonchev–Trinajstić information content (AvgIpc) is 3.29. The Bertz CT molecular complexity index is 1240. The third-order valence-electron chi connectivity index (χ3n) is 5.88. The summed E-state index contributed by atoms with van der Waals surface area (Å²) in [5, 5.41) is 2.85. The minimum Gasteiger partial charge on any atom is -0.357 e. The van der Waals surface area contributed by atoms with Crippen molar-refractivity contribution < 1.29 is 13.2 Å². The number of carbonyl (C=O) groups excluding carboxylic acids is 1. The number of fused-ring (bicyclic) bond motifs is 1. The van der Waals surface area contributed by atoms with E-state index in [1.54, 1.807) is 18.3 Å². The van der Waals surface area contributed by atoms with E-state index in [4.69, 9.17) is 0 Å². The first kappa shape index (κ1) is 22.8. The molecule has 0 saturated carbocycles. The van der Waals surface area contributed by atoms with Gasteiger partial charge in [0.2, 0.25) is 0 Å². The number of para-hydroxylation sites is 1. The van der Waals surface area contributed by atoms with Gasteiger partial charge in [-0.1, -0.05) is 30.3 Å². The van der Waals surface area contributed by atoms with Crippen LogP contribution in [-0.4, -0.2) is 38.9 Å². The van der Waals surface area contributed by atoms with Crippen molar-refractivity contribution in [1.82, 2.24) is 10.3 Å². The smallest absolute Gasteiger partial charge is 0.264 e. The summed E-state index contributed by atoms with van der Waals surface area (Å²) in [5.41, 5.74) is 2.89. The molecule has 1 aromatic heterocycles. The van der Waals surface area contributed by atoms with Gasteiger partial charge in [0.15, 0.2) is 0 Å². The lowest BCUT2D eigenvalue weighted by Gasteiger charge is -2.20. The van der Waals surface area contributed by atoms with Gasteiger partial charge in [-0.15, -0.1) is 0 Å². The minimum absolute atomic E-state index is 0.108. The Morgan fingerprint density at radius 2 is 1.85 bits per heavy atom. The van der Waals surface area contributed by atoms with Crippen LogP contribution in [0.1, 0.15) is 35.3 Å². The second-order valence-electron chi connectivity index (χ2n) is 7.86. The van der Waals surface area contributed by atoms with Gasteiger partial charge in [0, 0.05) is 37.9 Å². The number of hydrogen-bond acceptors (Lipinski definition) is 5. The third kappa shape index (κ3) is 4.71. The first-order chi connectivity index (χ1) is 15.9. The van der Waals surface area contributed by atoms with Crippen molar-refractivity contribution in [3.63, 3.8) is 0 Å². The second kappa shape index (κ2) is 9.62. The number of carbonyl (C=O) groups is 1. The summed E-state index contributed by atoms with van der Waals surface area (Å²) < 4.78 is 28.0. The topological polar surface area (TPSA) is 82.6 Å². The Hall–Kier alpha value is -3.39. The molecule has 1 aliphatic heterocycles. The molecule has 4 rings (SSSR count). The van der Waals surface area contributed by atoms with Crippen molar-refractivity contribution in [3.05, 3.63) is 83.6 Å². The van der Waals surface area contributed by atoms with E-state index in [0.717, 1.165) is 30.0 Å². The van der Waals surface area contributed by atoms with Gasteiger partial charge in [0.25, 0.3) is 15.9 Å². The largest absolute Gasteiger partial charge is 0.357 e. The Morgan fingerprint density at radius 3 is 2.58 bits per heavy atom. The molecule has 2 heterocycles. The molecule has 0 unspecified atom stereocenters. The van der Waals surface area contributed by atoms with Gasteiger partial charge in [0.1, 0.15) is 5.82 Å². The fourth-order valence-corrected chi connectivity index (χ4v) is 5.57. The van der Waals surface area contributed by atoms with Gasteiger partial charge in [-0.3, -0.25) is 9.10 Å². The van der Waals surface area contributed by atoms with Crippen molar-refractivity contribution in [2.24, 2.45) is 0 Å². The van der Waals surface area contributed by atoms with Crippen molar-refractivity contribution >= 4 is 27.4 Å². The average molecular weight is 465 g/mol. The molecular formula is C25H28N4O3S. The summed E-state index contributed by atoms with van der Waals surface area (Å²) in [5.74, 6) is 0.568. The first-order valence-corrected chi connectivity index (χ1v) is 12.6.